The van der Waals surface area contributed by atoms with Crippen LogP contribution in [0.3, 0.4) is 0 Å². The lowest BCUT2D eigenvalue weighted by molar-refractivity contribution is -0.170. The van der Waals surface area contributed by atoms with Gasteiger partial charge in [-0.05, 0) is 45.3 Å². The molecule has 1 aliphatic heterocycles. The van der Waals surface area contributed by atoms with Gasteiger partial charge in [0.15, 0.2) is 12.2 Å². The van der Waals surface area contributed by atoms with Gasteiger partial charge in [0.05, 0.1) is 18.8 Å². The zero-order valence-electron chi connectivity index (χ0n) is 28.6. The summed E-state index contributed by atoms with van der Waals surface area (Å²) in [5.74, 6) is -1.36. The van der Waals surface area contributed by atoms with E-state index in [2.05, 4.69) is 11.9 Å². The van der Waals surface area contributed by atoms with Crippen molar-refractivity contribution >= 4 is 36.1 Å². The van der Waals surface area contributed by atoms with Crippen molar-refractivity contribution in [1.29, 1.82) is 0 Å². The highest BCUT2D eigenvalue weighted by Gasteiger charge is 2.41. The maximum atomic E-state index is 12.9. The van der Waals surface area contributed by atoms with Crippen molar-refractivity contribution in [2.45, 2.75) is 122 Å². The van der Waals surface area contributed by atoms with E-state index >= 15 is 0 Å². The normalized spacial score (nSPS) is 21.7. The molecular formula is C35H50N2O12. The Labute approximate surface area is 286 Å². The first-order valence-corrected chi connectivity index (χ1v) is 16.5. The third-order valence-corrected chi connectivity index (χ3v) is 7.51. The lowest BCUT2D eigenvalue weighted by atomic mass is 9.94. The number of hydrogen-bond acceptors (Lipinski definition) is 13. The molecule has 1 aliphatic rings. The molecule has 0 saturated heterocycles. The summed E-state index contributed by atoms with van der Waals surface area (Å²) in [6, 6.07) is 0. The molecule has 0 unspecified atom stereocenters. The van der Waals surface area contributed by atoms with E-state index in [-0.39, 0.29) is 38.3 Å². The van der Waals surface area contributed by atoms with E-state index in [0.29, 0.717) is 23.8 Å². The molecule has 5 N–H and O–H groups in total. The number of carbonyl (C=O) groups excluding carboxylic acids is 4. The fourth-order valence-corrected chi connectivity index (χ4v) is 4.79. The van der Waals surface area contributed by atoms with Gasteiger partial charge in [-0.25, -0.2) is 14.6 Å². The number of aromatic nitrogens is 1. The van der Waals surface area contributed by atoms with E-state index in [1.165, 1.54) is 12.2 Å². The molecule has 14 nitrogen and oxygen atoms in total. The Morgan fingerprint density at radius 2 is 1.80 bits per heavy atom. The predicted molar refractivity (Wildman–Crippen MR) is 178 cm³/mol. The standard InChI is InChI=1S/C35H50N2O12/c1-5-6-7-8-9-13-30(42)46-20-19-25(39)16-18-28(41)33-34(49-35(45)36-24(4)38)32(44)27(40)17-15-22(2)21-29-37-26(23(3)47-29)12-10-11-14-31(43)48-33/h10-12,14,16,18,21,25,27-28,32-34,39-41,44H,5-9,13,15,17,19-20H2,1-4H3,(H,36,38,45)/t25-,27+,28-,32+,33-,34+/m0/s1. The molecule has 0 aliphatic carbocycles. The number of hydrogen-bond donors (Lipinski definition) is 5. The second-order valence-corrected chi connectivity index (χ2v) is 11.9. The minimum Gasteiger partial charge on any atom is -0.466 e. The van der Waals surface area contributed by atoms with Crippen LogP contribution < -0.4 is 5.32 Å². The Morgan fingerprint density at radius 3 is 2.51 bits per heavy atom. The molecule has 272 valence electrons. The Hall–Kier alpha value is -4.11. The van der Waals surface area contributed by atoms with Crippen LogP contribution >= 0.6 is 0 Å². The van der Waals surface area contributed by atoms with E-state index in [1.54, 1.807) is 26.0 Å². The van der Waals surface area contributed by atoms with E-state index in [1.807, 2.05) is 5.32 Å². The summed E-state index contributed by atoms with van der Waals surface area (Å²) in [4.78, 5) is 53.2. The number of nitrogens with one attached hydrogen (secondary N) is 1. The predicted octanol–water partition coefficient (Wildman–Crippen LogP) is 3.60. The first-order valence-electron chi connectivity index (χ1n) is 16.5. The lowest BCUT2D eigenvalue weighted by Crippen LogP contribution is -2.53. The largest absolute Gasteiger partial charge is 0.466 e. The van der Waals surface area contributed by atoms with Crippen LogP contribution in [-0.2, 0) is 28.6 Å². The number of aliphatic hydroxyl groups is 4. The third kappa shape index (κ3) is 15.8. The zero-order valence-corrected chi connectivity index (χ0v) is 28.6. The molecule has 2 heterocycles. The molecule has 14 heteroatoms. The number of unbranched alkanes of at least 4 members (excludes halogenated alkanes) is 4. The molecule has 1 aromatic rings. The number of alkyl carbamates (subject to hydrolysis) is 1. The zero-order chi connectivity index (χ0) is 36.3. The SMILES string of the molecule is CCCCCCCC(=O)OCC[C@@H](O)C=C[C@H](O)[C@@H]1OC(=O)C=CC=Cc2nc(oc2C)C=C(C)CC[C@@H](O)[C@@H](O)[C@H]1OC(=O)NC(C)=O. The number of amides is 2. The fourth-order valence-electron chi connectivity index (χ4n) is 4.79. The van der Waals surface area contributed by atoms with Gasteiger partial charge in [-0.2, -0.15) is 0 Å². The Bertz CT molecular complexity index is 1350. The van der Waals surface area contributed by atoms with Crippen LogP contribution in [0, 0.1) is 6.92 Å². The number of aryl methyl sites for hydroxylation is 1. The average molecular weight is 691 g/mol. The third-order valence-electron chi connectivity index (χ3n) is 7.51. The van der Waals surface area contributed by atoms with E-state index < -0.39 is 54.6 Å². The number of imide groups is 1. The quantitative estimate of drug-likeness (QED) is 0.0867. The molecule has 1 aromatic heterocycles. The summed E-state index contributed by atoms with van der Waals surface area (Å²) < 4.78 is 21.5. The smallest absolute Gasteiger partial charge is 0.414 e. The summed E-state index contributed by atoms with van der Waals surface area (Å²) in [6.45, 7) is 6.54. The number of carbonyl (C=O) groups is 4. The van der Waals surface area contributed by atoms with Crippen LogP contribution in [0.2, 0.25) is 0 Å². The number of fused-ring (bicyclic) bond motifs is 2. The number of allylic oxidation sites excluding steroid dienone is 3. The van der Waals surface area contributed by atoms with Gasteiger partial charge in [0.2, 0.25) is 11.8 Å². The molecule has 2 bridgehead atoms. The van der Waals surface area contributed by atoms with Gasteiger partial charge in [-0.1, -0.05) is 62.5 Å². The fraction of sp³-hybridized carbons (Fsp3) is 0.571. The van der Waals surface area contributed by atoms with E-state index in [9.17, 15) is 39.6 Å². The maximum Gasteiger partial charge on any atom is 0.414 e. The molecule has 0 spiro atoms. The van der Waals surface area contributed by atoms with Crippen molar-refractivity contribution in [2.24, 2.45) is 0 Å². The summed E-state index contributed by atoms with van der Waals surface area (Å²) in [5.41, 5.74) is 1.24. The van der Waals surface area contributed by atoms with Gasteiger partial charge >= 0.3 is 18.0 Å². The minimum absolute atomic E-state index is 0.00808. The molecule has 2 rings (SSSR count). The van der Waals surface area contributed by atoms with Gasteiger partial charge in [0.1, 0.15) is 23.7 Å². The van der Waals surface area contributed by atoms with Crippen LogP contribution in [-0.4, -0.2) is 92.6 Å². The van der Waals surface area contributed by atoms with E-state index in [0.717, 1.165) is 56.4 Å². The first-order chi connectivity index (χ1) is 23.3. The molecule has 6 atom stereocenters. The van der Waals surface area contributed by atoms with Crippen LogP contribution in [0.1, 0.15) is 95.9 Å². The van der Waals surface area contributed by atoms with Crippen LogP contribution in [0.15, 0.2) is 40.4 Å². The van der Waals surface area contributed by atoms with Gasteiger partial charge < -0.3 is 39.1 Å². The van der Waals surface area contributed by atoms with Crippen molar-refractivity contribution in [3.05, 3.63) is 53.3 Å². The highest BCUT2D eigenvalue weighted by atomic mass is 16.6. The number of esters is 2. The summed E-state index contributed by atoms with van der Waals surface area (Å²) >= 11 is 0. The summed E-state index contributed by atoms with van der Waals surface area (Å²) in [6.07, 6.45) is 3.08. The van der Waals surface area contributed by atoms with Gasteiger partial charge in [-0.15, -0.1) is 0 Å². The summed E-state index contributed by atoms with van der Waals surface area (Å²) in [7, 11) is 0. The van der Waals surface area contributed by atoms with E-state index in [4.69, 9.17) is 18.6 Å². The molecule has 2 amide bonds. The van der Waals surface area contributed by atoms with Crippen molar-refractivity contribution in [1.82, 2.24) is 10.3 Å². The number of ether oxygens (including phenoxy) is 3. The number of oxazole rings is 1. The molecule has 0 aromatic carbocycles. The van der Waals surface area contributed by atoms with Crippen LogP contribution in [0.4, 0.5) is 4.79 Å². The molecule has 0 saturated carbocycles. The summed E-state index contributed by atoms with van der Waals surface area (Å²) in [5, 5.41) is 45.6. The highest BCUT2D eigenvalue weighted by molar-refractivity contribution is 5.90. The highest BCUT2D eigenvalue weighted by Crippen LogP contribution is 2.23. The number of rotatable bonds is 13. The van der Waals surface area contributed by atoms with Gasteiger partial charge in [0, 0.05) is 25.8 Å². The Balaban J connectivity index is 2.28. The second-order valence-electron chi connectivity index (χ2n) is 11.9. The van der Waals surface area contributed by atoms with Crippen LogP contribution in [0.25, 0.3) is 12.2 Å². The average Bonchev–Trinajstić information content (AvgIpc) is 3.39. The van der Waals surface area contributed by atoms with Crippen molar-refractivity contribution in [3.8, 4) is 0 Å². The Morgan fingerprint density at radius 1 is 1.08 bits per heavy atom. The second kappa shape index (κ2) is 21.8. The first kappa shape index (κ1) is 41.1. The topological polar surface area (TPSA) is 215 Å². The van der Waals surface area contributed by atoms with Crippen molar-refractivity contribution < 1.29 is 58.2 Å². The van der Waals surface area contributed by atoms with Gasteiger partial charge in [-0.3, -0.25) is 14.9 Å². The van der Waals surface area contributed by atoms with Crippen LogP contribution in [0.5, 0.6) is 0 Å². The maximum absolute atomic E-state index is 12.9. The molecule has 0 radical (unpaired) electrons. The lowest BCUT2D eigenvalue weighted by Gasteiger charge is -2.33. The monoisotopic (exact) mass is 690 g/mol. The number of aliphatic hydroxyl groups excluding tert-OH is 4. The van der Waals surface area contributed by atoms with Gasteiger partial charge in [0.25, 0.3) is 0 Å². The molecule has 49 heavy (non-hydrogen) atoms. The molecular weight excluding hydrogens is 640 g/mol. The number of nitrogens with zero attached hydrogens (tertiary/aromatic N) is 1. The number of cyclic esters (lactones) is 1. The molecule has 0 fully saturated rings. The minimum atomic E-state index is -1.92. The van der Waals surface area contributed by atoms with Crippen molar-refractivity contribution in [3.63, 3.8) is 0 Å². The van der Waals surface area contributed by atoms with Crippen molar-refractivity contribution in [2.75, 3.05) is 6.61 Å². The Kier molecular flexibility index (Phi) is 18.2.